The van der Waals surface area contributed by atoms with Crippen molar-refractivity contribution in [3.8, 4) is 11.5 Å². The number of carbonyl (C=O) groups excluding carboxylic acids is 1. The number of methoxy groups -OCH3 is 2. The van der Waals surface area contributed by atoms with Gasteiger partial charge < -0.3 is 19.9 Å². The molecule has 0 bridgehead atoms. The van der Waals surface area contributed by atoms with E-state index in [2.05, 4.69) is 5.32 Å². The molecule has 0 aromatic heterocycles. The number of carboxylic acid groups (broad SMARTS) is 1. The maximum atomic E-state index is 12.2. The zero-order chi connectivity index (χ0) is 16.1. The molecule has 1 atom stereocenters. The van der Waals surface area contributed by atoms with Crippen molar-refractivity contribution in [2.24, 2.45) is 5.92 Å². The summed E-state index contributed by atoms with van der Waals surface area (Å²) in [7, 11) is 3.03. The Morgan fingerprint density at radius 2 is 1.86 bits per heavy atom. The Morgan fingerprint density at radius 1 is 1.27 bits per heavy atom. The first-order chi connectivity index (χ1) is 10.5. The number of nitrogens with one attached hydrogen (secondary N) is 1. The number of carbonyl (C=O) groups is 2. The van der Waals surface area contributed by atoms with Crippen molar-refractivity contribution < 1.29 is 24.2 Å². The molecule has 1 aromatic rings. The van der Waals surface area contributed by atoms with E-state index in [4.69, 9.17) is 9.47 Å². The molecule has 0 heterocycles. The fourth-order valence-corrected chi connectivity index (χ4v) is 2.42. The average Bonchev–Trinajstić information content (AvgIpc) is 3.30. The molecular weight excluding hydrogens is 286 g/mol. The molecule has 6 nitrogen and oxygen atoms in total. The highest BCUT2D eigenvalue weighted by molar-refractivity contribution is 5.85. The van der Waals surface area contributed by atoms with Crippen LogP contribution in [0.1, 0.15) is 24.8 Å². The standard InChI is InChI=1S/C16H21NO5/c1-21-13-4-3-5-14(22-2)11(13)9-15(18)17-12(16(19)20)8-10-6-7-10/h3-5,10,12H,6-9H2,1-2H3,(H,17,18)(H,19,20). The van der Waals surface area contributed by atoms with E-state index in [9.17, 15) is 14.7 Å². The molecule has 2 N–H and O–H groups in total. The number of hydrogen-bond acceptors (Lipinski definition) is 4. The van der Waals surface area contributed by atoms with Gasteiger partial charge in [0.05, 0.1) is 20.6 Å². The van der Waals surface area contributed by atoms with Crippen molar-refractivity contribution in [3.05, 3.63) is 23.8 Å². The summed E-state index contributed by atoms with van der Waals surface area (Å²) in [6.45, 7) is 0. The molecule has 0 saturated heterocycles. The highest BCUT2D eigenvalue weighted by Gasteiger charge is 2.30. The van der Waals surface area contributed by atoms with Gasteiger partial charge in [0.1, 0.15) is 17.5 Å². The van der Waals surface area contributed by atoms with Gasteiger partial charge in [-0.1, -0.05) is 18.9 Å². The van der Waals surface area contributed by atoms with Crippen LogP contribution in [0.4, 0.5) is 0 Å². The summed E-state index contributed by atoms with van der Waals surface area (Å²) < 4.78 is 10.5. The fourth-order valence-electron chi connectivity index (χ4n) is 2.42. The summed E-state index contributed by atoms with van der Waals surface area (Å²) in [5, 5.41) is 11.8. The second kappa shape index (κ2) is 7.15. The van der Waals surface area contributed by atoms with E-state index in [0.717, 1.165) is 12.8 Å². The molecule has 120 valence electrons. The van der Waals surface area contributed by atoms with Gasteiger partial charge in [-0.2, -0.15) is 0 Å². The van der Waals surface area contributed by atoms with Gasteiger partial charge in [0.25, 0.3) is 0 Å². The number of amides is 1. The predicted octanol–water partition coefficient (Wildman–Crippen LogP) is 1.62. The van der Waals surface area contributed by atoms with Gasteiger partial charge in [-0.3, -0.25) is 4.79 Å². The quantitative estimate of drug-likeness (QED) is 0.762. The van der Waals surface area contributed by atoms with E-state index in [0.29, 0.717) is 29.4 Å². The molecule has 1 aliphatic rings. The van der Waals surface area contributed by atoms with Crippen LogP contribution in [0.5, 0.6) is 11.5 Å². The van der Waals surface area contributed by atoms with E-state index < -0.39 is 12.0 Å². The van der Waals surface area contributed by atoms with Crippen molar-refractivity contribution >= 4 is 11.9 Å². The lowest BCUT2D eigenvalue weighted by Gasteiger charge is -2.16. The molecule has 0 aliphatic heterocycles. The second-order valence-corrected chi connectivity index (χ2v) is 5.46. The smallest absolute Gasteiger partial charge is 0.326 e. The number of carboxylic acids is 1. The van der Waals surface area contributed by atoms with E-state index in [-0.39, 0.29) is 12.3 Å². The third kappa shape index (κ3) is 4.13. The first kappa shape index (κ1) is 16.1. The zero-order valence-electron chi connectivity index (χ0n) is 12.8. The van der Waals surface area contributed by atoms with Gasteiger partial charge in [-0.15, -0.1) is 0 Å². The normalized spacial score (nSPS) is 15.0. The van der Waals surface area contributed by atoms with Crippen LogP contribution in [-0.4, -0.2) is 37.2 Å². The summed E-state index contributed by atoms with van der Waals surface area (Å²) in [5.41, 5.74) is 0.612. The largest absolute Gasteiger partial charge is 0.496 e. The second-order valence-electron chi connectivity index (χ2n) is 5.46. The molecule has 0 radical (unpaired) electrons. The molecule has 1 fully saturated rings. The Balaban J connectivity index is 2.05. The van der Waals surface area contributed by atoms with Crippen LogP contribution in [0.25, 0.3) is 0 Å². The Hall–Kier alpha value is -2.24. The minimum atomic E-state index is -0.993. The molecule has 1 unspecified atom stereocenters. The Morgan fingerprint density at radius 3 is 2.32 bits per heavy atom. The lowest BCUT2D eigenvalue weighted by Crippen LogP contribution is -2.41. The third-order valence-corrected chi connectivity index (χ3v) is 3.77. The van der Waals surface area contributed by atoms with Crippen LogP contribution < -0.4 is 14.8 Å². The summed E-state index contributed by atoms with van der Waals surface area (Å²) in [6, 6.07) is 4.42. The first-order valence-corrected chi connectivity index (χ1v) is 7.27. The van der Waals surface area contributed by atoms with E-state index in [1.165, 1.54) is 14.2 Å². The molecule has 6 heteroatoms. The maximum Gasteiger partial charge on any atom is 0.326 e. The fraction of sp³-hybridized carbons (Fsp3) is 0.500. The van der Waals surface area contributed by atoms with Crippen LogP contribution in [0.2, 0.25) is 0 Å². The molecule has 1 saturated carbocycles. The molecular formula is C16H21NO5. The maximum absolute atomic E-state index is 12.2. The average molecular weight is 307 g/mol. The first-order valence-electron chi connectivity index (χ1n) is 7.27. The van der Waals surface area contributed by atoms with Crippen LogP contribution >= 0.6 is 0 Å². The topological polar surface area (TPSA) is 84.9 Å². The minimum absolute atomic E-state index is 0.0155. The van der Waals surface area contributed by atoms with Crippen molar-refractivity contribution in [3.63, 3.8) is 0 Å². The third-order valence-electron chi connectivity index (χ3n) is 3.77. The van der Waals surface area contributed by atoms with Gasteiger partial charge in [0.15, 0.2) is 0 Å². The van der Waals surface area contributed by atoms with Crippen LogP contribution in [0.3, 0.4) is 0 Å². The highest BCUT2D eigenvalue weighted by atomic mass is 16.5. The molecule has 1 aromatic carbocycles. The zero-order valence-corrected chi connectivity index (χ0v) is 12.8. The van der Waals surface area contributed by atoms with Crippen molar-refractivity contribution in [2.45, 2.75) is 31.7 Å². The van der Waals surface area contributed by atoms with Gasteiger partial charge in [-0.05, 0) is 24.5 Å². The SMILES string of the molecule is COc1cccc(OC)c1CC(=O)NC(CC1CC1)C(=O)O. The summed E-state index contributed by atoms with van der Waals surface area (Å²) in [4.78, 5) is 23.4. The number of aliphatic carboxylic acids is 1. The molecule has 1 aliphatic carbocycles. The van der Waals surface area contributed by atoms with Crippen molar-refractivity contribution in [2.75, 3.05) is 14.2 Å². The lowest BCUT2D eigenvalue weighted by molar-refractivity contribution is -0.142. The van der Waals surface area contributed by atoms with Gasteiger partial charge >= 0.3 is 5.97 Å². The lowest BCUT2D eigenvalue weighted by atomic mass is 10.1. The Kier molecular flexibility index (Phi) is 5.25. The van der Waals surface area contributed by atoms with Gasteiger partial charge in [-0.25, -0.2) is 4.79 Å². The van der Waals surface area contributed by atoms with E-state index in [1.54, 1.807) is 18.2 Å². The molecule has 2 rings (SSSR count). The van der Waals surface area contributed by atoms with Crippen LogP contribution in [-0.2, 0) is 16.0 Å². The summed E-state index contributed by atoms with van der Waals surface area (Å²) >= 11 is 0. The highest BCUT2D eigenvalue weighted by Crippen LogP contribution is 2.33. The number of rotatable bonds is 8. The van der Waals surface area contributed by atoms with Gasteiger partial charge in [0, 0.05) is 5.56 Å². The number of ether oxygens (including phenoxy) is 2. The van der Waals surface area contributed by atoms with E-state index in [1.807, 2.05) is 0 Å². The Bertz CT molecular complexity index is 531. The molecule has 22 heavy (non-hydrogen) atoms. The summed E-state index contributed by atoms with van der Waals surface area (Å²) in [5.74, 6) is 0.164. The predicted molar refractivity (Wildman–Crippen MR) is 80.2 cm³/mol. The minimum Gasteiger partial charge on any atom is -0.496 e. The van der Waals surface area contributed by atoms with Crippen LogP contribution in [0.15, 0.2) is 18.2 Å². The van der Waals surface area contributed by atoms with Crippen molar-refractivity contribution in [1.82, 2.24) is 5.32 Å². The van der Waals surface area contributed by atoms with Gasteiger partial charge in [0.2, 0.25) is 5.91 Å². The molecule has 1 amide bonds. The molecule has 0 spiro atoms. The summed E-state index contributed by atoms with van der Waals surface area (Å²) in [6.07, 6.45) is 2.59. The number of hydrogen-bond donors (Lipinski definition) is 2. The van der Waals surface area contributed by atoms with E-state index >= 15 is 0 Å². The van der Waals surface area contributed by atoms with Crippen molar-refractivity contribution in [1.29, 1.82) is 0 Å². The number of benzene rings is 1. The Labute approximate surface area is 129 Å². The monoisotopic (exact) mass is 307 g/mol. The van der Waals surface area contributed by atoms with Crippen LogP contribution in [0, 0.1) is 5.92 Å².